The maximum atomic E-state index is 11.9. The Hall–Kier alpha value is -1.10. The van der Waals surface area contributed by atoms with Crippen LogP contribution in [0.2, 0.25) is 0 Å². The van der Waals surface area contributed by atoms with Gasteiger partial charge in [-0.15, -0.1) is 0 Å². The molecule has 0 aliphatic rings. The summed E-state index contributed by atoms with van der Waals surface area (Å²) in [5, 5.41) is 8.61. The molecule has 0 aliphatic heterocycles. The summed E-state index contributed by atoms with van der Waals surface area (Å²) in [6.45, 7) is 2.88. The summed E-state index contributed by atoms with van der Waals surface area (Å²) in [4.78, 5) is 22.3. The number of ether oxygens (including phenoxy) is 1. The van der Waals surface area contributed by atoms with Crippen molar-refractivity contribution >= 4 is 11.9 Å². The molecule has 0 bridgehead atoms. The minimum absolute atomic E-state index is 0. The smallest absolute Gasteiger partial charge is 0.305 e. The standard InChI is InChI=1S/C32H62O4.H2O/c1-2-3-4-5-6-7-8-10-14-17-20-23-26-29-32(35)36-30-27-24-21-18-15-12-9-11-13-16-19-22-25-28-31(33)34;/h2-30H2,1H3,(H,33,34);1H2. The maximum Gasteiger partial charge on any atom is 0.305 e. The van der Waals surface area contributed by atoms with E-state index >= 15 is 0 Å². The van der Waals surface area contributed by atoms with Gasteiger partial charge in [0.05, 0.1) is 6.61 Å². The molecule has 0 saturated heterocycles. The summed E-state index contributed by atoms with van der Waals surface area (Å²) in [6.07, 6.45) is 33.8. The lowest BCUT2D eigenvalue weighted by Gasteiger charge is -2.06. The number of hydrogen-bond acceptors (Lipinski definition) is 3. The quantitative estimate of drug-likeness (QED) is 0.0741. The number of rotatable bonds is 30. The second-order valence-corrected chi connectivity index (χ2v) is 11.0. The third-order valence-electron chi connectivity index (χ3n) is 7.28. The Balaban J connectivity index is 0. The lowest BCUT2D eigenvalue weighted by atomic mass is 10.0. The highest BCUT2D eigenvalue weighted by Crippen LogP contribution is 2.14. The average Bonchev–Trinajstić information content (AvgIpc) is 2.86. The maximum absolute atomic E-state index is 11.9. The first-order chi connectivity index (χ1) is 17.7. The molecule has 3 N–H and O–H groups in total. The fraction of sp³-hybridized carbons (Fsp3) is 0.938. The van der Waals surface area contributed by atoms with Crippen molar-refractivity contribution < 1.29 is 24.9 Å². The van der Waals surface area contributed by atoms with E-state index in [0.29, 0.717) is 19.4 Å². The van der Waals surface area contributed by atoms with Crippen molar-refractivity contribution in [2.75, 3.05) is 6.61 Å². The molecule has 0 aromatic rings. The van der Waals surface area contributed by atoms with Gasteiger partial charge in [0.25, 0.3) is 0 Å². The van der Waals surface area contributed by atoms with Gasteiger partial charge in [0.1, 0.15) is 0 Å². The number of carboxylic acid groups (broad SMARTS) is 1. The first-order valence-corrected chi connectivity index (χ1v) is 16.0. The Kier molecular flexibility index (Phi) is 33.9. The van der Waals surface area contributed by atoms with E-state index in [4.69, 9.17) is 9.84 Å². The van der Waals surface area contributed by atoms with Crippen molar-refractivity contribution in [3.63, 3.8) is 0 Å². The third-order valence-corrected chi connectivity index (χ3v) is 7.28. The molecule has 0 spiro atoms. The van der Waals surface area contributed by atoms with Gasteiger partial charge in [0.2, 0.25) is 0 Å². The van der Waals surface area contributed by atoms with E-state index in [1.54, 1.807) is 0 Å². The molecule has 0 fully saturated rings. The van der Waals surface area contributed by atoms with E-state index in [-0.39, 0.29) is 11.4 Å². The third kappa shape index (κ3) is 34.9. The second-order valence-electron chi connectivity index (χ2n) is 11.0. The largest absolute Gasteiger partial charge is 0.481 e. The predicted octanol–water partition coefficient (Wildman–Crippen LogP) is 9.73. The molecule has 37 heavy (non-hydrogen) atoms. The minimum atomic E-state index is -0.670. The van der Waals surface area contributed by atoms with E-state index in [0.717, 1.165) is 25.7 Å². The highest BCUT2D eigenvalue weighted by Gasteiger charge is 2.03. The van der Waals surface area contributed by atoms with Gasteiger partial charge >= 0.3 is 11.9 Å². The Labute approximate surface area is 230 Å². The number of aliphatic carboxylic acids is 1. The molecule has 0 atom stereocenters. The Morgan fingerprint density at radius 3 is 1.11 bits per heavy atom. The van der Waals surface area contributed by atoms with Crippen LogP contribution in [0.5, 0.6) is 0 Å². The number of carbonyl (C=O) groups excluding carboxylic acids is 1. The van der Waals surface area contributed by atoms with E-state index in [2.05, 4.69) is 6.92 Å². The zero-order valence-electron chi connectivity index (χ0n) is 24.7. The number of hydrogen-bond donors (Lipinski definition) is 1. The van der Waals surface area contributed by atoms with Crippen LogP contribution in [0.15, 0.2) is 0 Å². The molecule has 5 nitrogen and oxygen atoms in total. The van der Waals surface area contributed by atoms with Gasteiger partial charge in [0.15, 0.2) is 0 Å². The molecule has 0 aliphatic carbocycles. The first kappa shape index (κ1) is 38.0. The second kappa shape index (κ2) is 32.9. The molecule has 5 heteroatoms. The number of carbonyl (C=O) groups is 2. The van der Waals surface area contributed by atoms with Gasteiger partial charge in [-0.2, -0.15) is 0 Å². The molecule has 0 saturated carbocycles. The lowest BCUT2D eigenvalue weighted by Crippen LogP contribution is -2.05. The number of esters is 1. The van der Waals surface area contributed by atoms with Gasteiger partial charge in [-0.3, -0.25) is 9.59 Å². The highest BCUT2D eigenvalue weighted by molar-refractivity contribution is 5.69. The van der Waals surface area contributed by atoms with Crippen molar-refractivity contribution in [3.05, 3.63) is 0 Å². The zero-order valence-corrected chi connectivity index (χ0v) is 24.7. The molecule has 0 aromatic carbocycles. The monoisotopic (exact) mass is 528 g/mol. The molecular formula is C32H64O5. The van der Waals surface area contributed by atoms with Crippen molar-refractivity contribution in [3.8, 4) is 0 Å². The van der Waals surface area contributed by atoms with Gasteiger partial charge in [-0.25, -0.2) is 0 Å². The van der Waals surface area contributed by atoms with Crippen LogP contribution >= 0.6 is 0 Å². The lowest BCUT2D eigenvalue weighted by molar-refractivity contribution is -0.144. The summed E-state index contributed by atoms with van der Waals surface area (Å²) >= 11 is 0. The number of unbranched alkanes of at least 4 members (excludes halogenated alkanes) is 24. The normalized spacial score (nSPS) is 10.8. The van der Waals surface area contributed by atoms with Crippen molar-refractivity contribution in [1.29, 1.82) is 0 Å². The molecule has 0 aromatic heterocycles. The van der Waals surface area contributed by atoms with Crippen LogP contribution in [0.25, 0.3) is 0 Å². The SMILES string of the molecule is CCCCCCCCCCCCCCCC(=O)OCCCCCCCCCCCCCCCC(=O)O.O. The molecular weight excluding hydrogens is 464 g/mol. The van der Waals surface area contributed by atoms with Gasteiger partial charge in [-0.1, -0.05) is 155 Å². The molecule has 0 radical (unpaired) electrons. The van der Waals surface area contributed by atoms with E-state index < -0.39 is 5.97 Å². The molecule has 0 rings (SSSR count). The number of carboxylic acids is 1. The Morgan fingerprint density at radius 1 is 0.459 bits per heavy atom. The van der Waals surface area contributed by atoms with Crippen molar-refractivity contribution in [1.82, 2.24) is 0 Å². The van der Waals surface area contributed by atoms with Crippen molar-refractivity contribution in [2.24, 2.45) is 0 Å². The topological polar surface area (TPSA) is 95.1 Å². The van der Waals surface area contributed by atoms with Crippen LogP contribution in [0, 0.1) is 0 Å². The fourth-order valence-corrected chi connectivity index (χ4v) is 4.87. The Bertz CT molecular complexity index is 466. The summed E-state index contributed by atoms with van der Waals surface area (Å²) in [5.74, 6) is -0.670. The summed E-state index contributed by atoms with van der Waals surface area (Å²) in [5.41, 5.74) is 0. The fourth-order valence-electron chi connectivity index (χ4n) is 4.87. The predicted molar refractivity (Wildman–Crippen MR) is 157 cm³/mol. The first-order valence-electron chi connectivity index (χ1n) is 16.0. The van der Waals surface area contributed by atoms with Crippen LogP contribution in [-0.2, 0) is 14.3 Å². The van der Waals surface area contributed by atoms with E-state index in [9.17, 15) is 9.59 Å². The average molecular weight is 529 g/mol. The summed E-state index contributed by atoms with van der Waals surface area (Å²) < 4.78 is 5.40. The van der Waals surface area contributed by atoms with Crippen LogP contribution in [-0.4, -0.2) is 29.1 Å². The molecule has 222 valence electrons. The van der Waals surface area contributed by atoms with Crippen LogP contribution in [0.4, 0.5) is 0 Å². The molecule has 0 heterocycles. The van der Waals surface area contributed by atoms with Gasteiger partial charge < -0.3 is 15.3 Å². The van der Waals surface area contributed by atoms with Crippen molar-refractivity contribution in [2.45, 2.75) is 187 Å². The Morgan fingerprint density at radius 2 is 0.757 bits per heavy atom. The van der Waals surface area contributed by atoms with Gasteiger partial charge in [0, 0.05) is 12.8 Å². The van der Waals surface area contributed by atoms with Crippen LogP contribution < -0.4 is 0 Å². The van der Waals surface area contributed by atoms with E-state index in [1.165, 1.54) is 141 Å². The van der Waals surface area contributed by atoms with Crippen LogP contribution in [0.1, 0.15) is 187 Å². The van der Waals surface area contributed by atoms with Crippen LogP contribution in [0.3, 0.4) is 0 Å². The summed E-state index contributed by atoms with van der Waals surface area (Å²) in [7, 11) is 0. The highest BCUT2D eigenvalue weighted by atomic mass is 16.5. The zero-order chi connectivity index (χ0) is 26.4. The molecule has 0 amide bonds. The minimum Gasteiger partial charge on any atom is -0.481 e. The van der Waals surface area contributed by atoms with E-state index in [1.807, 2.05) is 0 Å². The summed E-state index contributed by atoms with van der Waals surface area (Å²) in [6, 6.07) is 0. The van der Waals surface area contributed by atoms with Gasteiger partial charge in [-0.05, 0) is 19.3 Å². The molecule has 0 unspecified atom stereocenters.